The average Bonchev–Trinajstić information content (AvgIpc) is 3.16. The minimum absolute atomic E-state index is 0.0144. The molecule has 2 N–H and O–H groups in total. The summed E-state index contributed by atoms with van der Waals surface area (Å²) in [6.07, 6.45) is 7.82. The third kappa shape index (κ3) is 5.05. The maximum Gasteiger partial charge on any atom is 0.251 e. The Morgan fingerprint density at radius 3 is 2.69 bits per heavy atom. The number of carbonyl (C=O) groups is 1. The summed E-state index contributed by atoms with van der Waals surface area (Å²) in [5.41, 5.74) is 7.02. The van der Waals surface area contributed by atoms with Gasteiger partial charge in [-0.1, -0.05) is 13.8 Å². The molecule has 0 unspecified atom stereocenters. The number of amides is 1. The Kier molecular flexibility index (Phi) is 6.28. The van der Waals surface area contributed by atoms with Crippen molar-refractivity contribution in [3.05, 3.63) is 65.1 Å². The number of aryl methyl sites for hydroxylation is 2. The second-order valence-corrected chi connectivity index (χ2v) is 10.6. The molecule has 5 rings (SSSR count). The molecule has 1 fully saturated rings. The standard InChI is InChI=1S/C28H34N6O/c1-18-15-19(26(35)31-21-9-13-34(4)14-10-21)5-6-23(18)32-27-29-12-8-24(33-27)20-16-22-25(30-17-20)7-11-28(22,2)3/h5-6,8,12,15-17,21H,7,9-11,13-14H2,1-4H3,(H,31,35)(H,29,32,33). The van der Waals surface area contributed by atoms with Crippen molar-refractivity contribution in [1.82, 2.24) is 25.2 Å². The molecular formula is C28H34N6O. The first kappa shape index (κ1) is 23.4. The first-order valence-electron chi connectivity index (χ1n) is 12.5. The first-order chi connectivity index (χ1) is 16.8. The van der Waals surface area contributed by atoms with E-state index in [4.69, 9.17) is 9.97 Å². The van der Waals surface area contributed by atoms with Gasteiger partial charge in [0.15, 0.2) is 0 Å². The van der Waals surface area contributed by atoms with Crippen LogP contribution in [0.2, 0.25) is 0 Å². The SMILES string of the molecule is Cc1cc(C(=O)NC2CCN(C)CC2)ccc1Nc1nccc(-c2cnc3c(c2)C(C)(C)CC3)n1. The highest BCUT2D eigenvalue weighted by Gasteiger charge is 2.31. The van der Waals surface area contributed by atoms with Crippen LogP contribution in [-0.4, -0.2) is 51.9 Å². The molecule has 0 atom stereocenters. The van der Waals surface area contributed by atoms with Crippen molar-refractivity contribution in [2.75, 3.05) is 25.5 Å². The van der Waals surface area contributed by atoms with Gasteiger partial charge in [-0.05, 0) is 99.6 Å². The van der Waals surface area contributed by atoms with Crippen molar-refractivity contribution >= 4 is 17.5 Å². The van der Waals surface area contributed by atoms with Crippen molar-refractivity contribution in [1.29, 1.82) is 0 Å². The molecule has 35 heavy (non-hydrogen) atoms. The number of rotatable bonds is 5. The van der Waals surface area contributed by atoms with Crippen molar-refractivity contribution in [3.8, 4) is 11.3 Å². The number of hydrogen-bond acceptors (Lipinski definition) is 6. The van der Waals surface area contributed by atoms with Gasteiger partial charge in [0.05, 0.1) is 5.69 Å². The van der Waals surface area contributed by atoms with Crippen LogP contribution in [0.5, 0.6) is 0 Å². The number of anilines is 2. The zero-order chi connectivity index (χ0) is 24.6. The molecule has 1 amide bonds. The van der Waals surface area contributed by atoms with Crippen LogP contribution in [0.3, 0.4) is 0 Å². The van der Waals surface area contributed by atoms with Crippen LogP contribution in [0.25, 0.3) is 11.3 Å². The monoisotopic (exact) mass is 470 g/mol. The Hall–Kier alpha value is -3.32. The molecule has 0 bridgehead atoms. The molecule has 182 valence electrons. The number of likely N-dealkylation sites (tertiary alicyclic amines) is 1. The van der Waals surface area contributed by atoms with E-state index in [0.717, 1.165) is 61.3 Å². The Bertz CT molecular complexity index is 1250. The van der Waals surface area contributed by atoms with Crippen LogP contribution >= 0.6 is 0 Å². The fourth-order valence-corrected chi connectivity index (χ4v) is 5.05. The normalized spacial score (nSPS) is 17.7. The molecule has 7 heteroatoms. The quantitative estimate of drug-likeness (QED) is 0.565. The van der Waals surface area contributed by atoms with Gasteiger partial charge in [0.25, 0.3) is 5.91 Å². The number of benzene rings is 1. The predicted octanol–water partition coefficient (Wildman–Crippen LogP) is 4.64. The minimum atomic E-state index is -0.0144. The maximum atomic E-state index is 12.8. The molecule has 2 aromatic heterocycles. The Balaban J connectivity index is 1.30. The third-order valence-electron chi connectivity index (χ3n) is 7.43. The van der Waals surface area contributed by atoms with Gasteiger partial charge in [0.2, 0.25) is 5.95 Å². The summed E-state index contributed by atoms with van der Waals surface area (Å²) in [5, 5.41) is 6.51. The number of pyridine rings is 1. The van der Waals surface area contributed by atoms with Gasteiger partial charge in [-0.15, -0.1) is 0 Å². The van der Waals surface area contributed by atoms with Gasteiger partial charge in [0.1, 0.15) is 0 Å². The Labute approximate surface area is 207 Å². The van der Waals surface area contributed by atoms with Crippen molar-refractivity contribution in [2.24, 2.45) is 0 Å². The second-order valence-electron chi connectivity index (χ2n) is 10.6. The fraction of sp³-hybridized carbons (Fsp3) is 0.429. The van der Waals surface area contributed by atoms with Crippen molar-refractivity contribution in [2.45, 2.75) is 57.9 Å². The van der Waals surface area contributed by atoms with Crippen LogP contribution in [0.1, 0.15) is 60.3 Å². The summed E-state index contributed by atoms with van der Waals surface area (Å²) < 4.78 is 0. The maximum absolute atomic E-state index is 12.8. The topological polar surface area (TPSA) is 83.0 Å². The van der Waals surface area contributed by atoms with E-state index in [1.165, 1.54) is 11.3 Å². The molecule has 3 heterocycles. The molecule has 1 aliphatic heterocycles. The fourth-order valence-electron chi connectivity index (χ4n) is 5.05. The van der Waals surface area contributed by atoms with E-state index in [2.05, 4.69) is 47.5 Å². The summed E-state index contributed by atoms with van der Waals surface area (Å²) in [7, 11) is 2.12. The lowest BCUT2D eigenvalue weighted by Gasteiger charge is -2.29. The highest BCUT2D eigenvalue weighted by atomic mass is 16.1. The van der Waals surface area contributed by atoms with Crippen molar-refractivity contribution < 1.29 is 4.79 Å². The smallest absolute Gasteiger partial charge is 0.251 e. The molecule has 1 aliphatic carbocycles. The van der Waals surface area contributed by atoms with Gasteiger partial charge in [-0.3, -0.25) is 9.78 Å². The Morgan fingerprint density at radius 1 is 1.11 bits per heavy atom. The highest BCUT2D eigenvalue weighted by Crippen LogP contribution is 2.38. The van der Waals surface area contributed by atoms with E-state index in [1.807, 2.05) is 37.4 Å². The molecular weight excluding hydrogens is 436 g/mol. The van der Waals surface area contributed by atoms with Crippen LogP contribution in [0, 0.1) is 6.92 Å². The summed E-state index contributed by atoms with van der Waals surface area (Å²) in [4.78, 5) is 28.9. The van der Waals surface area contributed by atoms with E-state index in [1.54, 1.807) is 6.20 Å². The molecule has 0 spiro atoms. The number of carbonyl (C=O) groups excluding carboxylic acids is 1. The van der Waals surface area contributed by atoms with Gasteiger partial charge >= 0.3 is 0 Å². The zero-order valence-electron chi connectivity index (χ0n) is 21.1. The van der Waals surface area contributed by atoms with E-state index in [9.17, 15) is 4.79 Å². The van der Waals surface area contributed by atoms with E-state index < -0.39 is 0 Å². The third-order valence-corrected chi connectivity index (χ3v) is 7.43. The number of nitrogens with zero attached hydrogens (tertiary/aromatic N) is 4. The van der Waals surface area contributed by atoms with Crippen molar-refractivity contribution in [3.63, 3.8) is 0 Å². The number of hydrogen-bond donors (Lipinski definition) is 2. The van der Waals surface area contributed by atoms with Crippen LogP contribution < -0.4 is 10.6 Å². The molecule has 7 nitrogen and oxygen atoms in total. The molecule has 0 radical (unpaired) electrons. The second kappa shape index (κ2) is 9.38. The lowest BCUT2D eigenvalue weighted by atomic mass is 9.86. The molecule has 1 aromatic carbocycles. The van der Waals surface area contributed by atoms with Gasteiger partial charge in [-0.25, -0.2) is 9.97 Å². The number of aromatic nitrogens is 3. The lowest BCUT2D eigenvalue weighted by molar-refractivity contribution is 0.0917. The van der Waals surface area contributed by atoms with Crippen LogP contribution in [0.4, 0.5) is 11.6 Å². The largest absolute Gasteiger partial charge is 0.349 e. The van der Waals surface area contributed by atoms with E-state index in [0.29, 0.717) is 11.5 Å². The summed E-state index contributed by atoms with van der Waals surface area (Å²) >= 11 is 0. The first-order valence-corrected chi connectivity index (χ1v) is 12.5. The Morgan fingerprint density at radius 2 is 1.91 bits per heavy atom. The van der Waals surface area contributed by atoms with Gasteiger partial charge in [-0.2, -0.15) is 0 Å². The van der Waals surface area contributed by atoms with Crippen LogP contribution in [0.15, 0.2) is 42.7 Å². The number of piperidine rings is 1. The average molecular weight is 471 g/mol. The lowest BCUT2D eigenvalue weighted by Crippen LogP contribution is -2.43. The minimum Gasteiger partial charge on any atom is -0.349 e. The number of fused-ring (bicyclic) bond motifs is 1. The highest BCUT2D eigenvalue weighted by molar-refractivity contribution is 5.95. The molecule has 2 aliphatic rings. The predicted molar refractivity (Wildman–Crippen MR) is 139 cm³/mol. The van der Waals surface area contributed by atoms with E-state index in [-0.39, 0.29) is 17.4 Å². The van der Waals surface area contributed by atoms with Gasteiger partial charge in [0, 0.05) is 40.9 Å². The molecule has 1 saturated heterocycles. The van der Waals surface area contributed by atoms with Crippen LogP contribution in [-0.2, 0) is 11.8 Å². The molecule has 3 aromatic rings. The molecule has 0 saturated carbocycles. The number of nitrogens with one attached hydrogen (secondary N) is 2. The van der Waals surface area contributed by atoms with Gasteiger partial charge < -0.3 is 15.5 Å². The summed E-state index contributed by atoms with van der Waals surface area (Å²) in [6, 6.07) is 10.1. The summed E-state index contributed by atoms with van der Waals surface area (Å²) in [6.45, 7) is 8.58. The van der Waals surface area contributed by atoms with E-state index >= 15 is 0 Å². The summed E-state index contributed by atoms with van der Waals surface area (Å²) in [5.74, 6) is 0.508. The zero-order valence-corrected chi connectivity index (χ0v) is 21.1.